The Hall–Kier alpha value is -0.770. The van der Waals surface area contributed by atoms with E-state index in [4.69, 9.17) is 16.7 Å². The molecule has 0 bridgehead atoms. The molecule has 1 aromatic heterocycles. The molecule has 1 fully saturated rings. The first-order valence-electron chi connectivity index (χ1n) is 6.33. The van der Waals surface area contributed by atoms with Crippen molar-refractivity contribution in [3.63, 3.8) is 0 Å². The Morgan fingerprint density at radius 2 is 2.09 bits per heavy atom. The van der Waals surface area contributed by atoms with Crippen molar-refractivity contribution in [2.75, 3.05) is 0 Å². The standard InChI is InChI=1S/C12H11BrClF2N3O2S/c13-6-1-2-7(14)9-10(6)19(5-8(15)16)18-11(9)12(3-4-12)22(17,20)21/h1-2,8H,3-5H2,(H2,17,20,21). The number of benzene rings is 1. The van der Waals surface area contributed by atoms with Gasteiger partial charge in [0.15, 0.2) is 0 Å². The van der Waals surface area contributed by atoms with E-state index in [9.17, 15) is 17.2 Å². The number of hydrogen-bond donors (Lipinski definition) is 1. The van der Waals surface area contributed by atoms with Gasteiger partial charge in [0, 0.05) is 9.86 Å². The van der Waals surface area contributed by atoms with Gasteiger partial charge in [-0.25, -0.2) is 22.3 Å². The zero-order chi connectivity index (χ0) is 16.3. The Bertz CT molecular complexity index is 865. The lowest BCUT2D eigenvalue weighted by molar-refractivity contribution is 0.123. The molecule has 0 saturated heterocycles. The molecular formula is C12H11BrClF2N3O2S. The van der Waals surface area contributed by atoms with Gasteiger partial charge in [-0.15, -0.1) is 0 Å². The second-order valence-corrected chi connectivity index (χ2v) is 8.35. The zero-order valence-electron chi connectivity index (χ0n) is 11.1. The molecule has 2 N–H and O–H groups in total. The molecule has 0 amide bonds. The number of nitrogens with zero attached hydrogens (tertiary/aromatic N) is 2. The average Bonchev–Trinajstić information content (AvgIpc) is 3.12. The van der Waals surface area contributed by atoms with Gasteiger partial charge in [0.2, 0.25) is 10.0 Å². The summed E-state index contributed by atoms with van der Waals surface area (Å²) in [7, 11) is -3.92. The molecule has 5 nitrogen and oxygen atoms in total. The molecule has 0 aliphatic heterocycles. The predicted octanol–water partition coefficient (Wildman–Crippen LogP) is 2.99. The number of halogens is 4. The first-order chi connectivity index (χ1) is 10.2. The van der Waals surface area contributed by atoms with Gasteiger partial charge in [0.1, 0.15) is 11.3 Å². The first-order valence-corrected chi connectivity index (χ1v) is 9.04. The Labute approximate surface area is 138 Å². The molecule has 1 aliphatic rings. The van der Waals surface area contributed by atoms with Crippen LogP contribution in [0, 0.1) is 0 Å². The summed E-state index contributed by atoms with van der Waals surface area (Å²) in [6, 6.07) is 3.17. The van der Waals surface area contributed by atoms with Crippen LogP contribution in [0.4, 0.5) is 8.78 Å². The average molecular weight is 415 g/mol. The quantitative estimate of drug-likeness (QED) is 0.835. The maximum atomic E-state index is 12.8. The predicted molar refractivity (Wildman–Crippen MR) is 82.5 cm³/mol. The van der Waals surface area contributed by atoms with Crippen LogP contribution in [0.1, 0.15) is 18.5 Å². The highest BCUT2D eigenvalue weighted by Gasteiger charge is 2.57. The van der Waals surface area contributed by atoms with Gasteiger partial charge in [0.05, 0.1) is 16.2 Å². The maximum Gasteiger partial charge on any atom is 0.257 e. The molecule has 0 spiro atoms. The molecule has 2 aromatic rings. The fourth-order valence-corrected chi connectivity index (χ4v) is 4.45. The Kier molecular flexibility index (Phi) is 3.75. The number of rotatable bonds is 4. The summed E-state index contributed by atoms with van der Waals surface area (Å²) in [5, 5.41) is 10.0. The molecule has 120 valence electrons. The van der Waals surface area contributed by atoms with E-state index in [0.717, 1.165) is 4.68 Å². The van der Waals surface area contributed by atoms with Crippen LogP contribution in [0.2, 0.25) is 5.02 Å². The lowest BCUT2D eigenvalue weighted by atomic mass is 10.1. The van der Waals surface area contributed by atoms with E-state index in [1.807, 2.05) is 0 Å². The molecule has 1 saturated carbocycles. The summed E-state index contributed by atoms with van der Waals surface area (Å²) in [5.41, 5.74) is 0.495. The molecule has 3 rings (SSSR count). The van der Waals surface area contributed by atoms with Crippen LogP contribution in [-0.4, -0.2) is 24.6 Å². The van der Waals surface area contributed by atoms with Crippen LogP contribution < -0.4 is 5.14 Å². The molecule has 10 heteroatoms. The number of primary sulfonamides is 1. The normalized spacial score (nSPS) is 17.4. The second-order valence-electron chi connectivity index (χ2n) is 5.21. The van der Waals surface area contributed by atoms with Gasteiger partial charge in [-0.2, -0.15) is 5.10 Å². The van der Waals surface area contributed by atoms with E-state index in [-0.39, 0.29) is 10.7 Å². The Balaban J connectivity index is 2.35. The molecule has 22 heavy (non-hydrogen) atoms. The number of alkyl halides is 2. The molecule has 1 heterocycles. The zero-order valence-corrected chi connectivity index (χ0v) is 14.2. The monoisotopic (exact) mass is 413 g/mol. The van der Waals surface area contributed by atoms with Gasteiger partial charge in [0.25, 0.3) is 6.43 Å². The number of hydrogen-bond acceptors (Lipinski definition) is 3. The van der Waals surface area contributed by atoms with Gasteiger partial charge >= 0.3 is 0 Å². The van der Waals surface area contributed by atoms with Crippen LogP contribution >= 0.6 is 27.5 Å². The van der Waals surface area contributed by atoms with Crippen molar-refractivity contribution in [3.8, 4) is 0 Å². The van der Waals surface area contributed by atoms with E-state index < -0.39 is 27.7 Å². The van der Waals surface area contributed by atoms with E-state index in [1.54, 1.807) is 12.1 Å². The van der Waals surface area contributed by atoms with Crippen LogP contribution in [0.15, 0.2) is 16.6 Å². The smallest absolute Gasteiger partial charge is 0.257 e. The number of fused-ring (bicyclic) bond motifs is 1. The highest BCUT2D eigenvalue weighted by Crippen LogP contribution is 2.54. The minimum Gasteiger partial charge on any atom is -0.258 e. The fourth-order valence-electron chi connectivity index (χ4n) is 2.59. The van der Waals surface area contributed by atoms with E-state index >= 15 is 0 Å². The van der Waals surface area contributed by atoms with Crippen LogP contribution in [0.25, 0.3) is 10.9 Å². The summed E-state index contributed by atoms with van der Waals surface area (Å²) in [6.07, 6.45) is -2.03. The second kappa shape index (κ2) is 5.12. The van der Waals surface area contributed by atoms with Crippen molar-refractivity contribution < 1.29 is 17.2 Å². The molecule has 0 radical (unpaired) electrons. The van der Waals surface area contributed by atoms with Crippen LogP contribution in [0.3, 0.4) is 0 Å². The summed E-state index contributed by atoms with van der Waals surface area (Å²) in [6.45, 7) is -0.657. The van der Waals surface area contributed by atoms with Crippen molar-refractivity contribution in [1.29, 1.82) is 0 Å². The molecule has 0 unspecified atom stereocenters. The number of aromatic nitrogens is 2. The van der Waals surface area contributed by atoms with E-state index in [1.165, 1.54) is 0 Å². The third kappa shape index (κ3) is 2.34. The topological polar surface area (TPSA) is 78.0 Å². The molecule has 0 atom stereocenters. The summed E-state index contributed by atoms with van der Waals surface area (Å²) < 4.78 is 49.7. The SMILES string of the molecule is NS(=O)(=O)C1(c2nn(CC(F)F)c3c(Br)ccc(Cl)c23)CC1. The summed E-state index contributed by atoms with van der Waals surface area (Å²) >= 11 is 9.45. The van der Waals surface area contributed by atoms with Crippen molar-refractivity contribution in [1.82, 2.24) is 9.78 Å². The minimum atomic E-state index is -3.92. The van der Waals surface area contributed by atoms with Crippen molar-refractivity contribution >= 4 is 48.5 Å². The van der Waals surface area contributed by atoms with Crippen molar-refractivity contribution in [3.05, 3.63) is 27.3 Å². The lowest BCUT2D eigenvalue weighted by Crippen LogP contribution is -2.29. The summed E-state index contributed by atoms with van der Waals surface area (Å²) in [5.74, 6) is 0. The number of nitrogens with two attached hydrogens (primary N) is 1. The Morgan fingerprint density at radius 3 is 2.59 bits per heavy atom. The van der Waals surface area contributed by atoms with E-state index in [2.05, 4.69) is 21.0 Å². The third-order valence-electron chi connectivity index (χ3n) is 3.78. The van der Waals surface area contributed by atoms with Gasteiger partial charge < -0.3 is 0 Å². The fraction of sp³-hybridized carbons (Fsp3) is 0.417. The van der Waals surface area contributed by atoms with Gasteiger partial charge in [-0.05, 0) is 40.9 Å². The number of sulfonamides is 1. The van der Waals surface area contributed by atoms with Crippen molar-refractivity contribution in [2.24, 2.45) is 5.14 Å². The summed E-state index contributed by atoms with van der Waals surface area (Å²) in [4.78, 5) is 0. The van der Waals surface area contributed by atoms with Gasteiger partial charge in [-0.1, -0.05) is 11.6 Å². The van der Waals surface area contributed by atoms with Gasteiger partial charge in [-0.3, -0.25) is 4.68 Å². The van der Waals surface area contributed by atoms with Crippen LogP contribution in [0.5, 0.6) is 0 Å². The molecule has 1 aliphatic carbocycles. The lowest BCUT2D eigenvalue weighted by Gasteiger charge is -2.10. The highest BCUT2D eigenvalue weighted by molar-refractivity contribution is 9.10. The van der Waals surface area contributed by atoms with Crippen LogP contribution in [-0.2, 0) is 21.3 Å². The minimum absolute atomic E-state index is 0.150. The largest absolute Gasteiger partial charge is 0.258 e. The Morgan fingerprint density at radius 1 is 1.45 bits per heavy atom. The first kappa shape index (κ1) is 16.1. The molecule has 1 aromatic carbocycles. The maximum absolute atomic E-state index is 12.8. The third-order valence-corrected chi connectivity index (χ3v) is 6.43. The highest BCUT2D eigenvalue weighted by atomic mass is 79.9. The molecular weight excluding hydrogens is 404 g/mol. The van der Waals surface area contributed by atoms with Crippen molar-refractivity contribution in [2.45, 2.75) is 30.6 Å². The van der Waals surface area contributed by atoms with E-state index in [0.29, 0.717) is 28.2 Å².